The Morgan fingerprint density at radius 1 is 0.946 bits per heavy atom. The number of nitrogens with zero attached hydrogens (tertiary/aromatic N) is 2. The first-order chi connectivity index (χ1) is 17.4. The van der Waals surface area contributed by atoms with Crippen LogP contribution in [0.4, 0.5) is 10.1 Å². The average Bonchev–Trinajstić information content (AvgIpc) is 2.89. The van der Waals surface area contributed by atoms with Crippen molar-refractivity contribution in [1.29, 1.82) is 0 Å². The molecule has 3 rings (SSSR count). The molecular weight excluding hydrogens is 564 g/mol. The first-order valence-corrected chi connectivity index (χ1v) is 13.5. The van der Waals surface area contributed by atoms with Gasteiger partial charge >= 0.3 is 0 Å². The molecule has 37 heavy (non-hydrogen) atoms. The Morgan fingerprint density at radius 2 is 1.62 bits per heavy atom. The molecule has 1 atom stereocenters. The smallest absolute Gasteiger partial charge is 0.264 e. The fraction of sp³-hybridized carbons (Fsp3) is 0.200. The van der Waals surface area contributed by atoms with Gasteiger partial charge in [0, 0.05) is 13.6 Å². The van der Waals surface area contributed by atoms with Gasteiger partial charge < -0.3 is 10.2 Å². The van der Waals surface area contributed by atoms with Crippen LogP contribution in [0.2, 0.25) is 15.1 Å². The number of hydrogen-bond acceptors (Lipinski definition) is 4. The van der Waals surface area contributed by atoms with E-state index >= 15 is 0 Å². The van der Waals surface area contributed by atoms with E-state index in [1.54, 1.807) is 24.3 Å². The number of sulfonamides is 1. The number of likely N-dealkylation sites (N-methyl/N-ethyl adjacent to an activating group) is 1. The van der Waals surface area contributed by atoms with Crippen LogP contribution < -0.4 is 9.62 Å². The average molecular weight is 587 g/mol. The predicted molar refractivity (Wildman–Crippen MR) is 143 cm³/mol. The van der Waals surface area contributed by atoms with Crippen molar-refractivity contribution in [3.63, 3.8) is 0 Å². The second-order valence-corrected chi connectivity index (χ2v) is 11.1. The fourth-order valence-corrected chi connectivity index (χ4v) is 5.44. The summed E-state index contributed by atoms with van der Waals surface area (Å²) in [5, 5.41) is 2.75. The number of hydrogen-bond donors (Lipinski definition) is 1. The van der Waals surface area contributed by atoms with E-state index in [1.807, 2.05) is 0 Å². The minimum atomic E-state index is -4.28. The van der Waals surface area contributed by atoms with Crippen LogP contribution in [-0.4, -0.2) is 44.8 Å². The van der Waals surface area contributed by atoms with E-state index in [2.05, 4.69) is 5.32 Å². The Morgan fingerprint density at radius 3 is 2.22 bits per heavy atom. The predicted octanol–water partition coefficient (Wildman–Crippen LogP) is 5.14. The van der Waals surface area contributed by atoms with E-state index < -0.39 is 40.2 Å². The molecule has 0 spiro atoms. The number of anilines is 1. The van der Waals surface area contributed by atoms with E-state index in [0.29, 0.717) is 10.6 Å². The number of carbonyl (C=O) groups excluding carboxylic acids is 2. The van der Waals surface area contributed by atoms with Gasteiger partial charge in [-0.3, -0.25) is 13.9 Å². The highest BCUT2D eigenvalue weighted by Crippen LogP contribution is 2.29. The van der Waals surface area contributed by atoms with Gasteiger partial charge in [-0.05, 0) is 55.0 Å². The lowest BCUT2D eigenvalue weighted by atomic mass is 10.1. The van der Waals surface area contributed by atoms with Gasteiger partial charge in [0.1, 0.15) is 18.4 Å². The minimum absolute atomic E-state index is 0.0225. The molecule has 7 nitrogen and oxygen atoms in total. The molecule has 2 amide bonds. The number of amides is 2. The molecule has 196 valence electrons. The van der Waals surface area contributed by atoms with E-state index in [1.165, 1.54) is 49.2 Å². The Balaban J connectivity index is 2.05. The molecule has 0 aliphatic rings. The largest absolute Gasteiger partial charge is 0.357 e. The van der Waals surface area contributed by atoms with Gasteiger partial charge in [-0.25, -0.2) is 12.8 Å². The molecule has 3 aromatic carbocycles. The maximum absolute atomic E-state index is 13.9. The van der Waals surface area contributed by atoms with Crippen LogP contribution in [0, 0.1) is 5.82 Å². The third-order valence-electron chi connectivity index (χ3n) is 5.55. The van der Waals surface area contributed by atoms with E-state index in [9.17, 15) is 22.4 Å². The molecular formula is C25H23Cl3FN3O4S. The summed E-state index contributed by atoms with van der Waals surface area (Å²) < 4.78 is 41.9. The van der Waals surface area contributed by atoms with Crippen molar-refractivity contribution >= 4 is 62.3 Å². The Hall–Kier alpha value is -2.85. The zero-order valence-electron chi connectivity index (χ0n) is 19.8. The van der Waals surface area contributed by atoms with Crippen molar-refractivity contribution in [2.45, 2.75) is 24.4 Å². The number of carbonyl (C=O) groups is 2. The van der Waals surface area contributed by atoms with Crippen LogP contribution in [0.15, 0.2) is 71.6 Å². The first kappa shape index (κ1) is 28.7. The lowest BCUT2D eigenvalue weighted by Crippen LogP contribution is -2.50. The summed E-state index contributed by atoms with van der Waals surface area (Å²) in [4.78, 5) is 27.3. The molecule has 0 radical (unpaired) electrons. The summed E-state index contributed by atoms with van der Waals surface area (Å²) in [7, 11) is -2.86. The lowest BCUT2D eigenvalue weighted by Gasteiger charge is -2.32. The molecule has 0 aliphatic heterocycles. The standard InChI is InChI=1S/C25H23Cl3FN3O4S/c1-16(25(34)30-2)31(14-17-8-10-20(26)21(27)12-17)24(33)15-32(18-9-11-23(29)22(28)13-18)37(35,36)19-6-4-3-5-7-19/h3-13,16H,14-15H2,1-2H3,(H,30,34)/t16-/m0/s1. The second kappa shape index (κ2) is 12.1. The van der Waals surface area contributed by atoms with Crippen LogP contribution in [0.5, 0.6) is 0 Å². The van der Waals surface area contributed by atoms with Crippen LogP contribution in [-0.2, 0) is 26.2 Å². The molecule has 0 bridgehead atoms. The summed E-state index contributed by atoms with van der Waals surface area (Å²) in [5.74, 6) is -1.90. The minimum Gasteiger partial charge on any atom is -0.357 e. The Kier molecular flexibility index (Phi) is 9.41. The Labute approximate surface area is 229 Å². The molecule has 3 aromatic rings. The summed E-state index contributed by atoms with van der Waals surface area (Å²) in [5.41, 5.74) is 0.548. The summed E-state index contributed by atoms with van der Waals surface area (Å²) in [6.07, 6.45) is 0. The van der Waals surface area contributed by atoms with Gasteiger partial charge in [-0.1, -0.05) is 59.1 Å². The molecule has 0 fully saturated rings. The van der Waals surface area contributed by atoms with Crippen LogP contribution in [0.1, 0.15) is 12.5 Å². The zero-order valence-corrected chi connectivity index (χ0v) is 22.9. The molecule has 12 heteroatoms. The lowest BCUT2D eigenvalue weighted by molar-refractivity contribution is -0.139. The van der Waals surface area contributed by atoms with Crippen molar-refractivity contribution in [2.75, 3.05) is 17.9 Å². The van der Waals surface area contributed by atoms with Gasteiger partial charge in [0.15, 0.2) is 0 Å². The van der Waals surface area contributed by atoms with Gasteiger partial charge in [0.05, 0.1) is 25.7 Å². The fourth-order valence-electron chi connectivity index (χ4n) is 3.51. The number of nitrogens with one attached hydrogen (secondary N) is 1. The van der Waals surface area contributed by atoms with Crippen molar-refractivity contribution < 1.29 is 22.4 Å². The van der Waals surface area contributed by atoms with E-state index in [-0.39, 0.29) is 27.2 Å². The van der Waals surface area contributed by atoms with Gasteiger partial charge in [0.25, 0.3) is 10.0 Å². The van der Waals surface area contributed by atoms with Crippen molar-refractivity contribution in [3.05, 3.63) is 93.2 Å². The quantitative estimate of drug-likeness (QED) is 0.376. The zero-order chi connectivity index (χ0) is 27.3. The highest BCUT2D eigenvalue weighted by atomic mass is 35.5. The maximum Gasteiger partial charge on any atom is 0.264 e. The third kappa shape index (κ3) is 6.73. The summed E-state index contributed by atoms with van der Waals surface area (Å²) in [6.45, 7) is 0.759. The molecule has 0 heterocycles. The van der Waals surface area contributed by atoms with Crippen molar-refractivity contribution in [1.82, 2.24) is 10.2 Å². The van der Waals surface area contributed by atoms with E-state index in [4.69, 9.17) is 34.8 Å². The molecule has 1 N–H and O–H groups in total. The summed E-state index contributed by atoms with van der Waals surface area (Å²) in [6, 6.07) is 14.6. The van der Waals surface area contributed by atoms with Crippen LogP contribution in [0.25, 0.3) is 0 Å². The van der Waals surface area contributed by atoms with Gasteiger partial charge in [0.2, 0.25) is 11.8 Å². The monoisotopic (exact) mass is 585 g/mol. The number of rotatable bonds is 9. The second-order valence-electron chi connectivity index (χ2n) is 7.98. The van der Waals surface area contributed by atoms with Gasteiger partial charge in [-0.2, -0.15) is 0 Å². The highest BCUT2D eigenvalue weighted by molar-refractivity contribution is 7.92. The SMILES string of the molecule is CNC(=O)[C@H](C)N(Cc1ccc(Cl)c(Cl)c1)C(=O)CN(c1ccc(F)c(Cl)c1)S(=O)(=O)c1ccccc1. The van der Waals surface area contributed by atoms with Gasteiger partial charge in [-0.15, -0.1) is 0 Å². The number of halogens is 4. The molecule has 0 aliphatic carbocycles. The topological polar surface area (TPSA) is 86.8 Å². The Bertz CT molecular complexity index is 1410. The van der Waals surface area contributed by atoms with Crippen LogP contribution >= 0.6 is 34.8 Å². The highest BCUT2D eigenvalue weighted by Gasteiger charge is 2.32. The maximum atomic E-state index is 13.9. The molecule has 0 saturated carbocycles. The molecule has 0 unspecified atom stereocenters. The summed E-state index contributed by atoms with van der Waals surface area (Å²) >= 11 is 18.0. The van der Waals surface area contributed by atoms with Crippen molar-refractivity contribution in [2.24, 2.45) is 0 Å². The molecule has 0 saturated heterocycles. The van der Waals surface area contributed by atoms with E-state index in [0.717, 1.165) is 16.4 Å². The van der Waals surface area contributed by atoms with Crippen LogP contribution in [0.3, 0.4) is 0 Å². The normalized spacial score (nSPS) is 12.1. The third-order valence-corrected chi connectivity index (χ3v) is 8.37. The van der Waals surface area contributed by atoms with Crippen molar-refractivity contribution in [3.8, 4) is 0 Å². The number of benzene rings is 3. The molecule has 0 aromatic heterocycles. The first-order valence-electron chi connectivity index (χ1n) is 10.9.